The van der Waals surface area contributed by atoms with Crippen molar-refractivity contribution in [1.29, 1.82) is 0 Å². The molecule has 1 aliphatic rings. The summed E-state index contributed by atoms with van der Waals surface area (Å²) < 4.78 is 0. The van der Waals surface area contributed by atoms with Crippen molar-refractivity contribution in [2.45, 2.75) is 32.2 Å². The SMILES string of the molecule is CCCN(C(=O)c1cc(-c2cccs2)[nH]n1)C1CCNCC1. The average molecular weight is 318 g/mol. The Bertz CT molecular complexity index is 601. The number of carbonyl (C=O) groups is 1. The molecule has 118 valence electrons. The highest BCUT2D eigenvalue weighted by Gasteiger charge is 2.27. The van der Waals surface area contributed by atoms with E-state index in [0.717, 1.165) is 49.5 Å². The van der Waals surface area contributed by atoms with E-state index < -0.39 is 0 Å². The first-order valence-corrected chi connectivity index (χ1v) is 8.78. The lowest BCUT2D eigenvalue weighted by molar-refractivity contribution is 0.0636. The Labute approximate surface area is 134 Å². The molecule has 2 aromatic rings. The van der Waals surface area contributed by atoms with E-state index in [9.17, 15) is 4.79 Å². The van der Waals surface area contributed by atoms with Crippen molar-refractivity contribution in [3.8, 4) is 10.6 Å². The third kappa shape index (κ3) is 3.23. The molecule has 3 rings (SSSR count). The van der Waals surface area contributed by atoms with Crippen molar-refractivity contribution in [3.05, 3.63) is 29.3 Å². The van der Waals surface area contributed by atoms with Crippen LogP contribution < -0.4 is 5.32 Å². The molecule has 0 bridgehead atoms. The standard InChI is InChI=1S/C16H22N4OS/c1-2-9-20(12-5-7-17-8-6-12)16(21)14-11-13(18-19-14)15-4-3-10-22-15/h3-4,10-12,17H,2,5-9H2,1H3,(H,18,19). The Morgan fingerprint density at radius 2 is 2.27 bits per heavy atom. The van der Waals surface area contributed by atoms with Gasteiger partial charge in [-0.2, -0.15) is 5.10 Å². The Hall–Kier alpha value is -1.66. The van der Waals surface area contributed by atoms with Gasteiger partial charge in [-0.1, -0.05) is 13.0 Å². The average Bonchev–Trinajstić information content (AvgIpc) is 3.23. The molecular formula is C16H22N4OS. The van der Waals surface area contributed by atoms with Crippen molar-refractivity contribution < 1.29 is 4.79 Å². The maximum Gasteiger partial charge on any atom is 0.274 e. The van der Waals surface area contributed by atoms with E-state index in [1.165, 1.54) is 0 Å². The number of nitrogens with one attached hydrogen (secondary N) is 2. The fourth-order valence-corrected chi connectivity index (χ4v) is 3.64. The number of nitrogens with zero attached hydrogens (tertiary/aromatic N) is 2. The number of rotatable bonds is 5. The number of carbonyl (C=O) groups excluding carboxylic acids is 1. The summed E-state index contributed by atoms with van der Waals surface area (Å²) in [5.41, 5.74) is 1.44. The summed E-state index contributed by atoms with van der Waals surface area (Å²) in [4.78, 5) is 16.0. The molecule has 0 atom stereocenters. The van der Waals surface area contributed by atoms with E-state index in [4.69, 9.17) is 0 Å². The van der Waals surface area contributed by atoms with E-state index in [1.807, 2.05) is 28.5 Å². The molecule has 0 unspecified atom stereocenters. The van der Waals surface area contributed by atoms with Gasteiger partial charge in [-0.05, 0) is 49.9 Å². The van der Waals surface area contributed by atoms with Crippen LogP contribution in [0.15, 0.2) is 23.6 Å². The third-order valence-electron chi connectivity index (χ3n) is 4.06. The molecule has 6 heteroatoms. The molecule has 3 heterocycles. The van der Waals surface area contributed by atoms with Crippen molar-refractivity contribution in [2.24, 2.45) is 0 Å². The van der Waals surface area contributed by atoms with Gasteiger partial charge in [0.25, 0.3) is 5.91 Å². The molecule has 0 radical (unpaired) electrons. The van der Waals surface area contributed by atoms with Gasteiger partial charge in [-0.3, -0.25) is 9.89 Å². The minimum atomic E-state index is 0.0489. The number of H-pyrrole nitrogens is 1. The van der Waals surface area contributed by atoms with Crippen LogP contribution in [0.5, 0.6) is 0 Å². The van der Waals surface area contributed by atoms with Gasteiger partial charge in [-0.15, -0.1) is 11.3 Å². The quantitative estimate of drug-likeness (QED) is 0.891. The molecule has 0 spiro atoms. The number of hydrogen-bond acceptors (Lipinski definition) is 4. The Morgan fingerprint density at radius 3 is 2.95 bits per heavy atom. The van der Waals surface area contributed by atoms with E-state index in [1.54, 1.807) is 11.3 Å². The molecule has 5 nitrogen and oxygen atoms in total. The molecule has 0 aromatic carbocycles. The zero-order chi connectivity index (χ0) is 15.4. The van der Waals surface area contributed by atoms with Crippen molar-refractivity contribution >= 4 is 17.2 Å². The first kappa shape index (κ1) is 15.2. The largest absolute Gasteiger partial charge is 0.334 e. The van der Waals surface area contributed by atoms with Crippen molar-refractivity contribution in [2.75, 3.05) is 19.6 Å². The number of aromatic nitrogens is 2. The van der Waals surface area contributed by atoms with Gasteiger partial charge in [0.1, 0.15) is 0 Å². The van der Waals surface area contributed by atoms with E-state index in [-0.39, 0.29) is 5.91 Å². The highest BCUT2D eigenvalue weighted by molar-refractivity contribution is 7.13. The molecule has 0 saturated carbocycles. The van der Waals surface area contributed by atoms with Crippen molar-refractivity contribution in [3.63, 3.8) is 0 Å². The zero-order valence-electron chi connectivity index (χ0n) is 12.8. The predicted molar refractivity (Wildman–Crippen MR) is 89.1 cm³/mol. The lowest BCUT2D eigenvalue weighted by Crippen LogP contribution is -2.46. The fraction of sp³-hybridized carbons (Fsp3) is 0.500. The second-order valence-electron chi connectivity index (χ2n) is 5.62. The smallest absolute Gasteiger partial charge is 0.274 e. The number of piperidine rings is 1. The van der Waals surface area contributed by atoms with Crippen LogP contribution in [0.3, 0.4) is 0 Å². The minimum absolute atomic E-state index is 0.0489. The second-order valence-corrected chi connectivity index (χ2v) is 6.57. The van der Waals surface area contributed by atoms with Crippen molar-refractivity contribution in [1.82, 2.24) is 20.4 Å². The molecule has 1 aliphatic heterocycles. The zero-order valence-corrected chi connectivity index (χ0v) is 13.7. The lowest BCUT2D eigenvalue weighted by Gasteiger charge is -2.34. The van der Waals surface area contributed by atoms with E-state index >= 15 is 0 Å². The third-order valence-corrected chi connectivity index (χ3v) is 4.96. The topological polar surface area (TPSA) is 61.0 Å². The van der Waals surface area contributed by atoms with E-state index in [0.29, 0.717) is 11.7 Å². The van der Waals surface area contributed by atoms with Gasteiger partial charge < -0.3 is 10.2 Å². The molecule has 2 aromatic heterocycles. The summed E-state index contributed by atoms with van der Waals surface area (Å²) in [6.45, 7) is 4.88. The molecule has 1 saturated heterocycles. The molecule has 22 heavy (non-hydrogen) atoms. The van der Waals surface area contributed by atoms with Gasteiger partial charge in [-0.25, -0.2) is 0 Å². The number of hydrogen-bond donors (Lipinski definition) is 2. The van der Waals surface area contributed by atoms with Crippen LogP contribution in [0.1, 0.15) is 36.7 Å². The van der Waals surface area contributed by atoms with Gasteiger partial charge in [0, 0.05) is 12.6 Å². The van der Waals surface area contributed by atoms with Crippen LogP contribution in [0, 0.1) is 0 Å². The highest BCUT2D eigenvalue weighted by Crippen LogP contribution is 2.24. The monoisotopic (exact) mass is 318 g/mol. The van der Waals surface area contributed by atoms with E-state index in [2.05, 4.69) is 22.4 Å². The highest BCUT2D eigenvalue weighted by atomic mass is 32.1. The van der Waals surface area contributed by atoms with Gasteiger partial charge in [0.2, 0.25) is 0 Å². The summed E-state index contributed by atoms with van der Waals surface area (Å²) in [5.74, 6) is 0.0489. The van der Waals surface area contributed by atoms with Gasteiger partial charge in [0.15, 0.2) is 5.69 Å². The normalized spacial score (nSPS) is 15.9. The first-order valence-electron chi connectivity index (χ1n) is 7.90. The second kappa shape index (κ2) is 7.07. The van der Waals surface area contributed by atoms with Crippen LogP contribution in [0.2, 0.25) is 0 Å². The molecule has 1 fully saturated rings. The van der Waals surface area contributed by atoms with Crippen LogP contribution in [0.4, 0.5) is 0 Å². The summed E-state index contributed by atoms with van der Waals surface area (Å²) in [5, 5.41) is 12.6. The van der Waals surface area contributed by atoms with Crippen LogP contribution in [0.25, 0.3) is 10.6 Å². The maximum atomic E-state index is 12.8. The van der Waals surface area contributed by atoms with Gasteiger partial charge in [0.05, 0.1) is 10.6 Å². The summed E-state index contributed by atoms with van der Waals surface area (Å²) in [6.07, 6.45) is 3.01. The van der Waals surface area contributed by atoms with Crippen LogP contribution in [-0.2, 0) is 0 Å². The Morgan fingerprint density at radius 1 is 1.45 bits per heavy atom. The first-order chi connectivity index (χ1) is 10.8. The summed E-state index contributed by atoms with van der Waals surface area (Å²) in [6, 6.07) is 6.23. The predicted octanol–water partition coefficient (Wildman–Crippen LogP) is 2.74. The van der Waals surface area contributed by atoms with Crippen LogP contribution in [-0.4, -0.2) is 46.7 Å². The fourth-order valence-electron chi connectivity index (χ4n) is 2.95. The molecule has 1 amide bonds. The molecule has 2 N–H and O–H groups in total. The number of thiophene rings is 1. The van der Waals surface area contributed by atoms with Crippen LogP contribution >= 0.6 is 11.3 Å². The van der Waals surface area contributed by atoms with Gasteiger partial charge >= 0.3 is 0 Å². The number of amides is 1. The lowest BCUT2D eigenvalue weighted by atomic mass is 10.0. The summed E-state index contributed by atoms with van der Waals surface area (Å²) >= 11 is 1.64. The molecule has 0 aliphatic carbocycles. The Balaban J connectivity index is 1.77. The molecular weight excluding hydrogens is 296 g/mol. The maximum absolute atomic E-state index is 12.8. The number of aromatic amines is 1. The minimum Gasteiger partial charge on any atom is -0.334 e. The summed E-state index contributed by atoms with van der Waals surface area (Å²) in [7, 11) is 0. The Kier molecular flexibility index (Phi) is 4.90.